The van der Waals surface area contributed by atoms with E-state index in [9.17, 15) is 5.11 Å². The molecule has 0 bridgehead atoms. The Morgan fingerprint density at radius 3 is 3.05 bits per heavy atom. The minimum Gasteiger partial charge on any atom is -0.387 e. The first kappa shape index (κ1) is 14.4. The van der Waals surface area contributed by atoms with Crippen LogP contribution in [0.1, 0.15) is 42.2 Å². The number of rotatable bonds is 2. The fourth-order valence-corrected chi connectivity index (χ4v) is 4.84. The molecule has 110 valence electrons. The number of aromatic nitrogens is 1. The summed E-state index contributed by atoms with van der Waals surface area (Å²) in [6, 6.07) is 2.10. The van der Waals surface area contributed by atoms with Gasteiger partial charge in [0.15, 0.2) is 0 Å². The Kier molecular flexibility index (Phi) is 4.07. The predicted octanol–water partition coefficient (Wildman–Crippen LogP) is 3.03. The lowest BCUT2D eigenvalue weighted by Crippen LogP contribution is -2.41. The van der Waals surface area contributed by atoms with Crippen LogP contribution in [-0.2, 0) is 4.74 Å². The Morgan fingerprint density at radius 1 is 1.50 bits per heavy atom. The molecule has 0 amide bonds. The molecule has 1 aromatic rings. The van der Waals surface area contributed by atoms with Gasteiger partial charge in [-0.2, -0.15) is 11.8 Å². The SMILES string of the molecule is Cc1cnc(C(O)C2CCOC3(CCSC3)C2)c(C)c1. The highest BCUT2D eigenvalue weighted by Crippen LogP contribution is 2.44. The van der Waals surface area contributed by atoms with Crippen molar-refractivity contribution >= 4 is 11.8 Å². The standard InChI is InChI=1S/C16H23NO2S/c1-11-7-12(2)14(17-9-11)15(18)13-3-5-19-16(8-13)4-6-20-10-16/h7,9,13,15,18H,3-6,8,10H2,1-2H3. The van der Waals surface area contributed by atoms with Gasteiger partial charge >= 0.3 is 0 Å². The number of aliphatic hydroxyl groups is 1. The van der Waals surface area contributed by atoms with Crippen molar-refractivity contribution < 1.29 is 9.84 Å². The molecule has 1 spiro atoms. The molecule has 2 fully saturated rings. The molecule has 20 heavy (non-hydrogen) atoms. The predicted molar refractivity (Wildman–Crippen MR) is 82.0 cm³/mol. The van der Waals surface area contributed by atoms with Crippen molar-refractivity contribution in [2.24, 2.45) is 5.92 Å². The van der Waals surface area contributed by atoms with Crippen molar-refractivity contribution in [1.29, 1.82) is 0 Å². The summed E-state index contributed by atoms with van der Waals surface area (Å²) in [5.41, 5.74) is 3.11. The summed E-state index contributed by atoms with van der Waals surface area (Å²) in [6.07, 6.45) is 4.42. The van der Waals surface area contributed by atoms with Gasteiger partial charge in [-0.1, -0.05) is 6.07 Å². The van der Waals surface area contributed by atoms with Crippen molar-refractivity contribution in [2.75, 3.05) is 18.1 Å². The molecule has 0 aromatic carbocycles. The molecule has 4 heteroatoms. The molecular weight excluding hydrogens is 270 g/mol. The summed E-state index contributed by atoms with van der Waals surface area (Å²) in [7, 11) is 0. The van der Waals surface area contributed by atoms with E-state index in [1.165, 1.54) is 5.75 Å². The molecular formula is C16H23NO2S. The molecule has 0 saturated carbocycles. The van der Waals surface area contributed by atoms with Crippen molar-refractivity contribution in [3.63, 3.8) is 0 Å². The van der Waals surface area contributed by atoms with E-state index in [1.54, 1.807) is 0 Å². The van der Waals surface area contributed by atoms with Crippen LogP contribution in [0, 0.1) is 19.8 Å². The lowest BCUT2D eigenvalue weighted by atomic mass is 9.81. The summed E-state index contributed by atoms with van der Waals surface area (Å²) in [5.74, 6) is 2.54. The maximum atomic E-state index is 10.7. The number of ether oxygens (including phenoxy) is 1. The second-order valence-electron chi connectivity index (χ2n) is 6.25. The van der Waals surface area contributed by atoms with Crippen LogP contribution in [0.3, 0.4) is 0 Å². The molecule has 3 unspecified atom stereocenters. The molecule has 3 heterocycles. The van der Waals surface area contributed by atoms with Gasteiger partial charge in [0.2, 0.25) is 0 Å². The van der Waals surface area contributed by atoms with Crippen LogP contribution < -0.4 is 0 Å². The number of nitrogens with zero attached hydrogens (tertiary/aromatic N) is 1. The van der Waals surface area contributed by atoms with Gasteiger partial charge in [-0.05, 0) is 55.9 Å². The van der Waals surface area contributed by atoms with Crippen LogP contribution in [-0.4, -0.2) is 33.8 Å². The van der Waals surface area contributed by atoms with Crippen molar-refractivity contribution in [3.05, 3.63) is 29.1 Å². The van der Waals surface area contributed by atoms with Crippen LogP contribution in [0.25, 0.3) is 0 Å². The van der Waals surface area contributed by atoms with Gasteiger partial charge in [0, 0.05) is 18.6 Å². The molecule has 1 N–H and O–H groups in total. The Labute approximate surface area is 125 Å². The zero-order valence-electron chi connectivity index (χ0n) is 12.3. The smallest absolute Gasteiger partial charge is 0.0992 e. The maximum absolute atomic E-state index is 10.7. The zero-order chi connectivity index (χ0) is 14.2. The minimum absolute atomic E-state index is 0.0210. The topological polar surface area (TPSA) is 42.4 Å². The molecule has 3 nitrogen and oxygen atoms in total. The minimum atomic E-state index is -0.457. The lowest BCUT2D eigenvalue weighted by Gasteiger charge is -2.39. The second kappa shape index (κ2) is 5.66. The first-order valence-corrected chi connectivity index (χ1v) is 8.58. The fraction of sp³-hybridized carbons (Fsp3) is 0.688. The van der Waals surface area contributed by atoms with Gasteiger partial charge in [-0.3, -0.25) is 4.98 Å². The number of hydrogen-bond acceptors (Lipinski definition) is 4. The lowest BCUT2D eigenvalue weighted by molar-refractivity contribution is -0.102. The summed E-state index contributed by atoms with van der Waals surface area (Å²) >= 11 is 1.97. The number of hydrogen-bond donors (Lipinski definition) is 1. The summed E-state index contributed by atoms with van der Waals surface area (Å²) in [5, 5.41) is 10.7. The maximum Gasteiger partial charge on any atom is 0.0992 e. The number of aryl methyl sites for hydroxylation is 2. The third kappa shape index (κ3) is 2.74. The van der Waals surface area contributed by atoms with Gasteiger partial charge in [-0.25, -0.2) is 0 Å². The normalized spacial score (nSPS) is 31.6. The monoisotopic (exact) mass is 293 g/mol. The van der Waals surface area contributed by atoms with E-state index >= 15 is 0 Å². The van der Waals surface area contributed by atoms with Crippen molar-refractivity contribution in [2.45, 2.75) is 44.8 Å². The average Bonchev–Trinajstić information content (AvgIpc) is 2.86. The fourth-order valence-electron chi connectivity index (χ4n) is 3.46. The molecule has 2 aliphatic heterocycles. The molecule has 3 rings (SSSR count). The molecule has 2 saturated heterocycles. The van der Waals surface area contributed by atoms with E-state index in [0.29, 0.717) is 0 Å². The van der Waals surface area contributed by atoms with Crippen LogP contribution in [0.5, 0.6) is 0 Å². The molecule has 2 aliphatic rings. The van der Waals surface area contributed by atoms with Gasteiger partial charge in [-0.15, -0.1) is 0 Å². The molecule has 3 atom stereocenters. The van der Waals surface area contributed by atoms with Crippen molar-refractivity contribution in [3.8, 4) is 0 Å². The zero-order valence-corrected chi connectivity index (χ0v) is 13.1. The van der Waals surface area contributed by atoms with Crippen molar-refractivity contribution in [1.82, 2.24) is 4.98 Å². The van der Waals surface area contributed by atoms with Crippen LogP contribution in [0.2, 0.25) is 0 Å². The van der Waals surface area contributed by atoms with E-state index in [1.807, 2.05) is 31.8 Å². The van der Waals surface area contributed by atoms with E-state index in [0.717, 1.165) is 48.4 Å². The molecule has 0 aliphatic carbocycles. The summed E-state index contributed by atoms with van der Waals surface area (Å²) in [4.78, 5) is 4.47. The average molecular weight is 293 g/mol. The Balaban J connectivity index is 1.77. The number of thioether (sulfide) groups is 1. The first-order valence-electron chi connectivity index (χ1n) is 7.43. The Morgan fingerprint density at radius 2 is 2.35 bits per heavy atom. The van der Waals surface area contributed by atoms with Crippen LogP contribution >= 0.6 is 11.8 Å². The highest BCUT2D eigenvalue weighted by molar-refractivity contribution is 7.99. The third-order valence-electron chi connectivity index (χ3n) is 4.58. The number of aliphatic hydroxyl groups excluding tert-OH is 1. The third-order valence-corrected chi connectivity index (χ3v) is 5.80. The second-order valence-corrected chi connectivity index (χ2v) is 7.35. The number of pyridine rings is 1. The van der Waals surface area contributed by atoms with E-state index < -0.39 is 6.10 Å². The quantitative estimate of drug-likeness (QED) is 0.910. The van der Waals surface area contributed by atoms with Crippen LogP contribution in [0.4, 0.5) is 0 Å². The van der Waals surface area contributed by atoms with Gasteiger partial charge in [0.05, 0.1) is 17.4 Å². The Hall–Kier alpha value is -0.580. The summed E-state index contributed by atoms with van der Waals surface area (Å²) in [6.45, 7) is 4.85. The first-order chi connectivity index (χ1) is 9.60. The van der Waals surface area contributed by atoms with Gasteiger partial charge < -0.3 is 9.84 Å². The Bertz CT molecular complexity index is 485. The van der Waals surface area contributed by atoms with Crippen LogP contribution in [0.15, 0.2) is 12.3 Å². The highest BCUT2D eigenvalue weighted by atomic mass is 32.2. The largest absolute Gasteiger partial charge is 0.387 e. The van der Waals surface area contributed by atoms with Gasteiger partial charge in [0.1, 0.15) is 0 Å². The van der Waals surface area contributed by atoms with E-state index in [2.05, 4.69) is 11.1 Å². The summed E-state index contributed by atoms with van der Waals surface area (Å²) < 4.78 is 6.04. The molecule has 0 radical (unpaired) electrons. The van der Waals surface area contributed by atoms with E-state index in [-0.39, 0.29) is 11.5 Å². The molecule has 1 aromatic heterocycles. The van der Waals surface area contributed by atoms with E-state index in [4.69, 9.17) is 4.74 Å². The highest BCUT2D eigenvalue weighted by Gasteiger charge is 2.42. The van der Waals surface area contributed by atoms with Gasteiger partial charge in [0.25, 0.3) is 0 Å².